The maximum absolute atomic E-state index is 14.2. The maximum atomic E-state index is 14.2. The Kier molecular flexibility index (Phi) is 4.32. The summed E-state index contributed by atoms with van der Waals surface area (Å²) in [5.41, 5.74) is 0.566. The topological polar surface area (TPSA) is 12.0 Å². The van der Waals surface area contributed by atoms with E-state index in [2.05, 4.69) is 12.2 Å². The van der Waals surface area contributed by atoms with Crippen LogP contribution in [0.3, 0.4) is 0 Å². The Morgan fingerprint density at radius 3 is 2.53 bits per heavy atom. The van der Waals surface area contributed by atoms with Gasteiger partial charge in [-0.25, -0.2) is 8.78 Å². The van der Waals surface area contributed by atoms with Gasteiger partial charge < -0.3 is 5.32 Å². The van der Waals surface area contributed by atoms with E-state index in [0.29, 0.717) is 5.56 Å². The predicted octanol–water partition coefficient (Wildman–Crippen LogP) is 4.21. The molecule has 102 valence electrons. The molecule has 0 spiro atoms. The van der Waals surface area contributed by atoms with E-state index in [1.54, 1.807) is 25.3 Å². The molecule has 0 aliphatic rings. The van der Waals surface area contributed by atoms with Crippen LogP contribution in [0.2, 0.25) is 0 Å². The SMILES string of the molecule is CCc1ccc(C(NC)c2c(F)ccc(C)c2F)s1. The number of thiophene rings is 1. The van der Waals surface area contributed by atoms with Crippen molar-refractivity contribution in [3.8, 4) is 0 Å². The highest BCUT2D eigenvalue weighted by molar-refractivity contribution is 7.12. The van der Waals surface area contributed by atoms with E-state index in [1.165, 1.54) is 17.0 Å². The molecule has 2 rings (SSSR count). The van der Waals surface area contributed by atoms with Crippen molar-refractivity contribution in [1.29, 1.82) is 0 Å². The normalized spacial score (nSPS) is 12.7. The molecule has 4 heteroatoms. The zero-order valence-electron chi connectivity index (χ0n) is 11.3. The average molecular weight is 281 g/mol. The van der Waals surface area contributed by atoms with Crippen LogP contribution in [-0.2, 0) is 6.42 Å². The van der Waals surface area contributed by atoms with Crippen molar-refractivity contribution in [2.24, 2.45) is 0 Å². The summed E-state index contributed by atoms with van der Waals surface area (Å²) in [4.78, 5) is 2.14. The number of nitrogens with one attached hydrogen (secondary N) is 1. The van der Waals surface area contributed by atoms with Gasteiger partial charge in [-0.05, 0) is 44.2 Å². The van der Waals surface area contributed by atoms with Gasteiger partial charge in [-0.1, -0.05) is 13.0 Å². The lowest BCUT2D eigenvalue weighted by molar-refractivity contribution is 0.520. The Morgan fingerprint density at radius 2 is 1.95 bits per heavy atom. The Labute approximate surface area is 116 Å². The molecule has 1 heterocycles. The zero-order chi connectivity index (χ0) is 14.0. The van der Waals surface area contributed by atoms with Crippen LogP contribution in [0.15, 0.2) is 24.3 Å². The maximum Gasteiger partial charge on any atom is 0.134 e. The third-order valence-corrected chi connectivity index (χ3v) is 4.51. The molecule has 1 aromatic carbocycles. The fourth-order valence-corrected chi connectivity index (χ4v) is 3.18. The van der Waals surface area contributed by atoms with E-state index in [-0.39, 0.29) is 5.56 Å². The van der Waals surface area contributed by atoms with Crippen molar-refractivity contribution in [1.82, 2.24) is 5.32 Å². The first-order valence-corrected chi connectivity index (χ1v) is 7.10. The van der Waals surface area contributed by atoms with E-state index in [4.69, 9.17) is 0 Å². The fraction of sp³-hybridized carbons (Fsp3) is 0.333. The summed E-state index contributed by atoms with van der Waals surface area (Å²) in [6, 6.07) is 6.30. The van der Waals surface area contributed by atoms with Crippen LogP contribution in [0.5, 0.6) is 0 Å². The van der Waals surface area contributed by atoms with Crippen molar-refractivity contribution in [2.45, 2.75) is 26.3 Å². The largest absolute Gasteiger partial charge is 0.308 e. The summed E-state index contributed by atoms with van der Waals surface area (Å²) in [5.74, 6) is -0.973. The highest BCUT2D eigenvalue weighted by atomic mass is 32.1. The van der Waals surface area contributed by atoms with E-state index in [0.717, 1.165) is 11.3 Å². The third kappa shape index (κ3) is 2.69. The highest BCUT2D eigenvalue weighted by Gasteiger charge is 2.23. The van der Waals surface area contributed by atoms with Crippen molar-refractivity contribution < 1.29 is 8.78 Å². The zero-order valence-corrected chi connectivity index (χ0v) is 12.1. The lowest BCUT2D eigenvalue weighted by Crippen LogP contribution is -2.20. The molecule has 0 amide bonds. The Morgan fingerprint density at radius 1 is 1.21 bits per heavy atom. The van der Waals surface area contributed by atoms with Crippen LogP contribution >= 0.6 is 11.3 Å². The number of aryl methyl sites for hydroxylation is 2. The number of benzene rings is 1. The van der Waals surface area contributed by atoms with Gasteiger partial charge in [0.1, 0.15) is 11.6 Å². The second-order valence-electron chi connectivity index (χ2n) is 4.47. The number of halogens is 2. The van der Waals surface area contributed by atoms with Crippen molar-refractivity contribution >= 4 is 11.3 Å². The van der Waals surface area contributed by atoms with Crippen molar-refractivity contribution in [2.75, 3.05) is 7.05 Å². The first-order valence-electron chi connectivity index (χ1n) is 6.28. The van der Waals surface area contributed by atoms with Gasteiger partial charge in [-0.15, -0.1) is 11.3 Å². The highest BCUT2D eigenvalue weighted by Crippen LogP contribution is 2.32. The summed E-state index contributed by atoms with van der Waals surface area (Å²) in [5, 5.41) is 3.01. The molecule has 1 unspecified atom stereocenters. The van der Waals surface area contributed by atoms with Gasteiger partial charge in [0.05, 0.1) is 6.04 Å². The predicted molar refractivity (Wildman–Crippen MR) is 75.7 cm³/mol. The van der Waals surface area contributed by atoms with E-state index < -0.39 is 17.7 Å². The summed E-state index contributed by atoms with van der Waals surface area (Å²) in [7, 11) is 1.72. The second kappa shape index (κ2) is 5.80. The summed E-state index contributed by atoms with van der Waals surface area (Å²) >= 11 is 1.59. The molecule has 0 aliphatic carbocycles. The van der Waals surface area contributed by atoms with Crippen LogP contribution in [0.4, 0.5) is 8.78 Å². The van der Waals surface area contributed by atoms with E-state index in [1.807, 2.05) is 12.1 Å². The molecule has 1 N–H and O–H groups in total. The van der Waals surface area contributed by atoms with E-state index in [9.17, 15) is 8.78 Å². The standard InChI is InChI=1S/C15H17F2NS/c1-4-10-6-8-12(19-10)15(18-3)13-11(16)7-5-9(2)14(13)17/h5-8,15,18H,4H2,1-3H3. The Balaban J connectivity index is 2.50. The molecule has 0 bridgehead atoms. The smallest absolute Gasteiger partial charge is 0.134 e. The van der Waals surface area contributed by atoms with E-state index >= 15 is 0 Å². The minimum atomic E-state index is -0.506. The first-order chi connectivity index (χ1) is 9.08. The van der Waals surface area contributed by atoms with Gasteiger partial charge in [0.2, 0.25) is 0 Å². The lowest BCUT2D eigenvalue weighted by Gasteiger charge is -2.17. The van der Waals surface area contributed by atoms with Crippen molar-refractivity contribution in [3.63, 3.8) is 0 Å². The molecular weight excluding hydrogens is 264 g/mol. The van der Waals surface area contributed by atoms with Crippen LogP contribution in [0, 0.1) is 18.6 Å². The van der Waals surface area contributed by atoms with Crippen LogP contribution < -0.4 is 5.32 Å². The molecule has 0 saturated carbocycles. The van der Waals surface area contributed by atoms with Gasteiger partial charge in [-0.3, -0.25) is 0 Å². The van der Waals surface area contributed by atoms with Gasteiger partial charge >= 0.3 is 0 Å². The molecule has 19 heavy (non-hydrogen) atoms. The second-order valence-corrected chi connectivity index (χ2v) is 5.67. The number of hydrogen-bond acceptors (Lipinski definition) is 2. The minimum Gasteiger partial charge on any atom is -0.308 e. The number of rotatable bonds is 4. The average Bonchev–Trinajstić information content (AvgIpc) is 2.87. The van der Waals surface area contributed by atoms with Crippen LogP contribution in [0.1, 0.15) is 33.8 Å². The molecule has 0 fully saturated rings. The Bertz CT molecular complexity index is 578. The molecule has 1 atom stereocenters. The summed E-state index contributed by atoms with van der Waals surface area (Å²) < 4.78 is 28.2. The molecule has 0 radical (unpaired) electrons. The molecule has 2 aromatic rings. The van der Waals surface area contributed by atoms with Gasteiger partial charge in [-0.2, -0.15) is 0 Å². The fourth-order valence-electron chi connectivity index (χ4n) is 2.11. The van der Waals surface area contributed by atoms with Gasteiger partial charge in [0.25, 0.3) is 0 Å². The quantitative estimate of drug-likeness (QED) is 0.885. The first kappa shape index (κ1) is 14.2. The van der Waals surface area contributed by atoms with Crippen LogP contribution in [-0.4, -0.2) is 7.05 Å². The summed E-state index contributed by atoms with van der Waals surface area (Å²) in [6.45, 7) is 3.72. The molecule has 1 nitrogen and oxygen atoms in total. The molecule has 0 aliphatic heterocycles. The van der Waals surface area contributed by atoms with Gasteiger partial charge in [0, 0.05) is 15.3 Å². The Hall–Kier alpha value is -1.26. The summed E-state index contributed by atoms with van der Waals surface area (Å²) in [6.07, 6.45) is 0.930. The minimum absolute atomic E-state index is 0.104. The van der Waals surface area contributed by atoms with Crippen molar-refractivity contribution in [3.05, 3.63) is 56.8 Å². The molecule has 0 saturated heterocycles. The monoisotopic (exact) mass is 281 g/mol. The van der Waals surface area contributed by atoms with Crippen LogP contribution in [0.25, 0.3) is 0 Å². The molecular formula is C15H17F2NS. The number of hydrogen-bond donors (Lipinski definition) is 1. The van der Waals surface area contributed by atoms with Gasteiger partial charge in [0.15, 0.2) is 0 Å². The third-order valence-electron chi connectivity index (χ3n) is 3.21. The lowest BCUT2D eigenvalue weighted by atomic mass is 10.0. The molecule has 1 aromatic heterocycles.